The van der Waals surface area contributed by atoms with E-state index in [0.717, 1.165) is 24.8 Å². The number of unbranched alkanes of at least 4 members (excludes halogenated alkanes) is 2. The van der Waals surface area contributed by atoms with Crippen molar-refractivity contribution in [3.63, 3.8) is 0 Å². The van der Waals surface area contributed by atoms with E-state index in [1.165, 1.54) is 0 Å². The van der Waals surface area contributed by atoms with Crippen LogP contribution in [0.3, 0.4) is 0 Å². The lowest BCUT2D eigenvalue weighted by Crippen LogP contribution is -2.16. The summed E-state index contributed by atoms with van der Waals surface area (Å²) in [6.45, 7) is 0. The molecule has 3 N–H and O–H groups in total. The van der Waals surface area contributed by atoms with Gasteiger partial charge in [-0.25, -0.2) is 0 Å². The minimum Gasteiger partial charge on any atom is -0.481 e. The Balaban J connectivity index is 1.92. The zero-order chi connectivity index (χ0) is 15.2. The van der Waals surface area contributed by atoms with Crippen LogP contribution >= 0.6 is 0 Å². The third kappa shape index (κ3) is 4.59. The maximum Gasteiger partial charge on any atom is 0.303 e. The Bertz CT molecular complexity index is 569. The number of benzene rings is 1. The highest BCUT2D eigenvalue weighted by Gasteiger charge is 2.18. The number of carbonyl (C=O) groups is 3. The van der Waals surface area contributed by atoms with Crippen LogP contribution in [0, 0.1) is 0 Å². The molecule has 0 atom stereocenters. The first-order valence-electron chi connectivity index (χ1n) is 6.99. The zero-order valence-electron chi connectivity index (χ0n) is 11.6. The molecule has 0 unspecified atom stereocenters. The summed E-state index contributed by atoms with van der Waals surface area (Å²) < 4.78 is 0. The molecule has 6 nitrogen and oxygen atoms in total. The fraction of sp³-hybridized carbons (Fsp3) is 0.400. The first kappa shape index (κ1) is 15.0. The highest BCUT2D eigenvalue weighted by Crippen LogP contribution is 2.26. The first-order valence-corrected chi connectivity index (χ1v) is 6.99. The summed E-state index contributed by atoms with van der Waals surface area (Å²) in [4.78, 5) is 33.3. The van der Waals surface area contributed by atoms with Crippen molar-refractivity contribution in [2.75, 3.05) is 10.6 Å². The number of carboxylic acid groups (broad SMARTS) is 1. The molecule has 1 aliphatic rings. The van der Waals surface area contributed by atoms with E-state index in [0.29, 0.717) is 17.8 Å². The van der Waals surface area contributed by atoms with E-state index in [-0.39, 0.29) is 24.7 Å². The van der Waals surface area contributed by atoms with Gasteiger partial charge in [-0.3, -0.25) is 14.4 Å². The molecule has 2 rings (SSSR count). The number of amides is 2. The first-order chi connectivity index (χ1) is 10.0. The fourth-order valence-corrected chi connectivity index (χ4v) is 2.28. The lowest BCUT2D eigenvalue weighted by molar-refractivity contribution is -0.137. The number of aryl methyl sites for hydroxylation is 1. The molecule has 0 radical (unpaired) electrons. The van der Waals surface area contributed by atoms with Crippen molar-refractivity contribution < 1.29 is 19.5 Å². The van der Waals surface area contributed by atoms with Crippen LogP contribution in [0.2, 0.25) is 0 Å². The zero-order valence-corrected chi connectivity index (χ0v) is 11.6. The van der Waals surface area contributed by atoms with Gasteiger partial charge in [0, 0.05) is 6.42 Å². The monoisotopic (exact) mass is 290 g/mol. The second kappa shape index (κ2) is 6.88. The molecule has 1 aliphatic heterocycles. The second-order valence-corrected chi connectivity index (χ2v) is 5.11. The van der Waals surface area contributed by atoms with E-state index in [2.05, 4.69) is 10.6 Å². The Morgan fingerprint density at radius 3 is 2.48 bits per heavy atom. The molecule has 1 aromatic rings. The number of nitrogens with one attached hydrogen (secondary N) is 2. The highest BCUT2D eigenvalue weighted by atomic mass is 16.4. The number of rotatable bonds is 6. The molecule has 112 valence electrons. The third-order valence-corrected chi connectivity index (χ3v) is 3.31. The van der Waals surface area contributed by atoms with Gasteiger partial charge >= 0.3 is 5.97 Å². The van der Waals surface area contributed by atoms with Gasteiger partial charge in [0.2, 0.25) is 11.8 Å². The van der Waals surface area contributed by atoms with Gasteiger partial charge in [0.25, 0.3) is 0 Å². The summed E-state index contributed by atoms with van der Waals surface area (Å²) in [5.74, 6) is -1.39. The summed E-state index contributed by atoms with van der Waals surface area (Å²) in [6.07, 6.45) is 3.27. The number of aliphatic carboxylic acids is 1. The fourth-order valence-electron chi connectivity index (χ4n) is 2.28. The van der Waals surface area contributed by atoms with Crippen LogP contribution in [-0.4, -0.2) is 22.9 Å². The molecule has 0 saturated heterocycles. The minimum atomic E-state index is -0.765. The normalized spacial score (nSPS) is 13.9. The summed E-state index contributed by atoms with van der Waals surface area (Å²) in [5, 5.41) is 14.0. The molecule has 0 spiro atoms. The van der Waals surface area contributed by atoms with E-state index in [1.54, 1.807) is 6.07 Å². The van der Waals surface area contributed by atoms with E-state index in [1.807, 2.05) is 12.1 Å². The van der Waals surface area contributed by atoms with Crippen LogP contribution < -0.4 is 10.6 Å². The predicted molar refractivity (Wildman–Crippen MR) is 78.1 cm³/mol. The molecular formula is C15H18N2O4. The van der Waals surface area contributed by atoms with Gasteiger partial charge in [0.05, 0.1) is 11.4 Å². The van der Waals surface area contributed by atoms with Crippen molar-refractivity contribution >= 4 is 29.2 Å². The lowest BCUT2D eigenvalue weighted by atomic mass is 10.0. The third-order valence-electron chi connectivity index (χ3n) is 3.31. The summed E-state index contributed by atoms with van der Waals surface area (Å²) in [5.41, 5.74) is 2.29. The Labute approximate surface area is 122 Å². The van der Waals surface area contributed by atoms with Gasteiger partial charge in [0.1, 0.15) is 6.42 Å². The molecular weight excluding hydrogens is 272 g/mol. The van der Waals surface area contributed by atoms with E-state index >= 15 is 0 Å². The Kier molecular flexibility index (Phi) is 4.92. The van der Waals surface area contributed by atoms with Crippen LogP contribution in [0.5, 0.6) is 0 Å². The maximum atomic E-state index is 11.5. The van der Waals surface area contributed by atoms with Crippen molar-refractivity contribution in [1.82, 2.24) is 0 Å². The molecule has 6 heteroatoms. The smallest absolute Gasteiger partial charge is 0.303 e. The lowest BCUT2D eigenvalue weighted by Gasteiger charge is -2.09. The average Bonchev–Trinajstić information content (AvgIpc) is 2.54. The second-order valence-electron chi connectivity index (χ2n) is 5.11. The number of anilines is 2. The summed E-state index contributed by atoms with van der Waals surface area (Å²) in [6, 6.07) is 5.55. The number of hydrogen-bond donors (Lipinski definition) is 3. The van der Waals surface area contributed by atoms with Gasteiger partial charge in [-0.05, 0) is 37.0 Å². The molecule has 1 heterocycles. The van der Waals surface area contributed by atoms with Crippen LogP contribution in [0.15, 0.2) is 18.2 Å². The van der Waals surface area contributed by atoms with E-state index in [4.69, 9.17) is 5.11 Å². The Hall–Kier alpha value is -2.37. The van der Waals surface area contributed by atoms with Crippen molar-refractivity contribution in [3.8, 4) is 0 Å². The summed E-state index contributed by atoms with van der Waals surface area (Å²) in [7, 11) is 0. The molecule has 21 heavy (non-hydrogen) atoms. The standard InChI is InChI=1S/C15H18N2O4/c18-13-9-14(19)17-12-8-10(6-7-11(12)16-13)4-2-1-3-5-15(20)21/h6-8H,1-5,9H2,(H,16,18)(H,17,19)(H,20,21). The van der Waals surface area contributed by atoms with Gasteiger partial charge in [-0.1, -0.05) is 12.5 Å². The SMILES string of the molecule is O=C(O)CCCCCc1ccc2c(c1)NC(=O)CC(=O)N2. The summed E-state index contributed by atoms with van der Waals surface area (Å²) >= 11 is 0. The molecule has 0 bridgehead atoms. The van der Waals surface area contributed by atoms with Gasteiger partial charge in [0.15, 0.2) is 0 Å². The molecule has 0 fully saturated rings. The quantitative estimate of drug-likeness (QED) is 0.552. The number of carbonyl (C=O) groups excluding carboxylic acids is 2. The topological polar surface area (TPSA) is 95.5 Å². The maximum absolute atomic E-state index is 11.5. The van der Waals surface area contributed by atoms with Crippen LogP contribution in [0.25, 0.3) is 0 Å². The number of hydrogen-bond acceptors (Lipinski definition) is 3. The van der Waals surface area contributed by atoms with Crippen molar-refractivity contribution in [3.05, 3.63) is 23.8 Å². The van der Waals surface area contributed by atoms with Crippen molar-refractivity contribution in [2.24, 2.45) is 0 Å². The number of carboxylic acids is 1. The molecule has 0 aromatic heterocycles. The van der Waals surface area contributed by atoms with E-state index < -0.39 is 5.97 Å². The predicted octanol–water partition coefficient (Wildman–Crippen LogP) is 2.15. The van der Waals surface area contributed by atoms with Gasteiger partial charge in [-0.2, -0.15) is 0 Å². The van der Waals surface area contributed by atoms with Crippen LogP contribution in [0.4, 0.5) is 11.4 Å². The van der Waals surface area contributed by atoms with Gasteiger partial charge < -0.3 is 15.7 Å². The average molecular weight is 290 g/mol. The minimum absolute atomic E-state index is 0.167. The molecule has 0 saturated carbocycles. The van der Waals surface area contributed by atoms with E-state index in [9.17, 15) is 14.4 Å². The highest BCUT2D eigenvalue weighted by molar-refractivity contribution is 6.13. The molecule has 0 aliphatic carbocycles. The van der Waals surface area contributed by atoms with Crippen LogP contribution in [0.1, 0.15) is 37.7 Å². The Morgan fingerprint density at radius 1 is 1.05 bits per heavy atom. The molecule has 1 aromatic carbocycles. The Morgan fingerprint density at radius 2 is 1.76 bits per heavy atom. The van der Waals surface area contributed by atoms with Crippen molar-refractivity contribution in [1.29, 1.82) is 0 Å². The van der Waals surface area contributed by atoms with Crippen molar-refractivity contribution in [2.45, 2.75) is 38.5 Å². The van der Waals surface area contributed by atoms with Gasteiger partial charge in [-0.15, -0.1) is 0 Å². The number of fused-ring (bicyclic) bond motifs is 1. The molecule has 2 amide bonds. The largest absolute Gasteiger partial charge is 0.481 e. The van der Waals surface area contributed by atoms with Crippen LogP contribution in [-0.2, 0) is 20.8 Å².